The average molecular weight is 276 g/mol. The fourth-order valence-corrected chi connectivity index (χ4v) is 2.43. The molecule has 2 heterocycles. The van der Waals surface area contributed by atoms with Crippen LogP contribution in [0.4, 0.5) is 0 Å². The first-order valence-corrected chi connectivity index (χ1v) is 7.06. The van der Waals surface area contributed by atoms with Gasteiger partial charge in [-0.05, 0) is 57.8 Å². The van der Waals surface area contributed by atoms with Crippen LogP contribution in [0.3, 0.4) is 0 Å². The van der Waals surface area contributed by atoms with E-state index in [4.69, 9.17) is 18.8 Å². The van der Waals surface area contributed by atoms with Crippen molar-refractivity contribution in [2.75, 3.05) is 13.2 Å². The molecule has 20 heavy (non-hydrogen) atoms. The molecule has 0 amide bonds. The Morgan fingerprint density at radius 1 is 0.900 bits per heavy atom. The van der Waals surface area contributed by atoms with Gasteiger partial charge in [-0.1, -0.05) is 0 Å². The van der Waals surface area contributed by atoms with E-state index in [1.807, 2.05) is 19.1 Å². The van der Waals surface area contributed by atoms with E-state index in [9.17, 15) is 0 Å². The van der Waals surface area contributed by atoms with Crippen molar-refractivity contribution in [3.63, 3.8) is 0 Å². The highest BCUT2D eigenvalue weighted by Crippen LogP contribution is 2.38. The first-order valence-electron chi connectivity index (χ1n) is 7.06. The first kappa shape index (κ1) is 13.8. The summed E-state index contributed by atoms with van der Waals surface area (Å²) in [5.41, 5.74) is 1.43. The molecule has 1 aromatic carbocycles. The van der Waals surface area contributed by atoms with Gasteiger partial charge in [0.25, 0.3) is 0 Å². The van der Waals surface area contributed by atoms with E-state index in [-0.39, 0.29) is 18.3 Å². The van der Waals surface area contributed by atoms with Crippen molar-refractivity contribution in [2.45, 2.75) is 45.8 Å². The van der Waals surface area contributed by atoms with Crippen LogP contribution in [0.1, 0.15) is 33.3 Å². The predicted molar refractivity (Wildman–Crippen MR) is 77.9 cm³/mol. The Bertz CT molecular complexity index is 523. The predicted octanol–water partition coefficient (Wildman–Crippen LogP) is 2.07. The summed E-state index contributed by atoms with van der Waals surface area (Å²) in [7, 11) is -0.365. The highest BCUT2D eigenvalue weighted by atomic mass is 16.7. The monoisotopic (exact) mass is 276 g/mol. The molecule has 0 bridgehead atoms. The Morgan fingerprint density at radius 2 is 1.40 bits per heavy atom. The van der Waals surface area contributed by atoms with Gasteiger partial charge in [-0.2, -0.15) is 0 Å². The fourth-order valence-electron chi connectivity index (χ4n) is 2.43. The normalized spacial score (nSPS) is 22.9. The van der Waals surface area contributed by atoms with Gasteiger partial charge in [0.2, 0.25) is 0 Å². The molecule has 1 aromatic rings. The Hall–Kier alpha value is -1.20. The smallest absolute Gasteiger partial charge is 0.486 e. The third kappa shape index (κ3) is 2.09. The molecule has 0 unspecified atom stereocenters. The van der Waals surface area contributed by atoms with Crippen LogP contribution >= 0.6 is 0 Å². The minimum absolute atomic E-state index is 0.336. The molecule has 5 heteroatoms. The van der Waals surface area contributed by atoms with Crippen LogP contribution in [0.2, 0.25) is 0 Å². The minimum Gasteiger partial charge on any atom is -0.486 e. The maximum Gasteiger partial charge on any atom is 0.495 e. The van der Waals surface area contributed by atoms with Gasteiger partial charge in [0, 0.05) is 0 Å². The highest BCUT2D eigenvalue weighted by Gasteiger charge is 2.52. The lowest BCUT2D eigenvalue weighted by molar-refractivity contribution is 0.00578. The van der Waals surface area contributed by atoms with Gasteiger partial charge >= 0.3 is 7.12 Å². The SMILES string of the molecule is Cc1cc2c(cc1B1OC(C)(C)C(C)(C)O1)OCCO2. The molecule has 4 nitrogen and oxygen atoms in total. The molecular weight excluding hydrogens is 255 g/mol. The van der Waals surface area contributed by atoms with Crippen LogP contribution in [-0.2, 0) is 9.31 Å². The van der Waals surface area contributed by atoms with E-state index in [1.165, 1.54) is 0 Å². The topological polar surface area (TPSA) is 36.9 Å². The molecule has 0 atom stereocenters. The maximum absolute atomic E-state index is 6.10. The summed E-state index contributed by atoms with van der Waals surface area (Å²) in [6.07, 6.45) is 0. The van der Waals surface area contributed by atoms with Crippen molar-refractivity contribution in [3.05, 3.63) is 17.7 Å². The second-order valence-electron chi connectivity index (χ2n) is 6.44. The Kier molecular flexibility index (Phi) is 3.03. The third-order valence-corrected chi connectivity index (χ3v) is 4.44. The number of ether oxygens (including phenoxy) is 2. The molecule has 1 saturated heterocycles. The quantitative estimate of drug-likeness (QED) is 0.736. The molecule has 0 N–H and O–H groups in total. The number of hydrogen-bond donors (Lipinski definition) is 0. The van der Waals surface area contributed by atoms with Crippen molar-refractivity contribution in [3.8, 4) is 11.5 Å². The van der Waals surface area contributed by atoms with Gasteiger partial charge in [0.15, 0.2) is 11.5 Å². The van der Waals surface area contributed by atoms with Crippen molar-refractivity contribution >= 4 is 12.6 Å². The zero-order valence-electron chi connectivity index (χ0n) is 12.8. The molecule has 0 saturated carbocycles. The molecule has 3 rings (SSSR count). The average Bonchev–Trinajstić information content (AvgIpc) is 2.57. The summed E-state index contributed by atoms with van der Waals surface area (Å²) in [6.45, 7) is 11.4. The molecule has 0 spiro atoms. The molecule has 108 valence electrons. The van der Waals surface area contributed by atoms with Gasteiger partial charge in [-0.15, -0.1) is 0 Å². The Balaban J connectivity index is 1.96. The van der Waals surface area contributed by atoms with Crippen molar-refractivity contribution in [1.82, 2.24) is 0 Å². The first-order chi connectivity index (χ1) is 9.30. The summed E-state index contributed by atoms with van der Waals surface area (Å²) in [5.74, 6) is 1.57. The van der Waals surface area contributed by atoms with Crippen molar-refractivity contribution in [1.29, 1.82) is 0 Å². The molecule has 0 aromatic heterocycles. The van der Waals surface area contributed by atoms with Crippen LogP contribution in [-0.4, -0.2) is 31.5 Å². The second-order valence-corrected chi connectivity index (χ2v) is 6.44. The van der Waals surface area contributed by atoms with Crippen LogP contribution in [0.5, 0.6) is 11.5 Å². The van der Waals surface area contributed by atoms with Crippen LogP contribution in [0, 0.1) is 6.92 Å². The molecule has 2 aliphatic heterocycles. The van der Waals surface area contributed by atoms with Crippen LogP contribution < -0.4 is 14.9 Å². The minimum atomic E-state index is -0.365. The van der Waals surface area contributed by atoms with Crippen molar-refractivity contribution < 1.29 is 18.8 Å². The van der Waals surface area contributed by atoms with Crippen molar-refractivity contribution in [2.24, 2.45) is 0 Å². The lowest BCUT2D eigenvalue weighted by Gasteiger charge is -2.32. The number of fused-ring (bicyclic) bond motifs is 1. The van der Waals surface area contributed by atoms with E-state index < -0.39 is 0 Å². The van der Waals surface area contributed by atoms with Gasteiger partial charge in [0.1, 0.15) is 13.2 Å². The van der Waals surface area contributed by atoms with Crippen LogP contribution in [0.15, 0.2) is 12.1 Å². The second kappa shape index (κ2) is 4.40. The van der Waals surface area contributed by atoms with Gasteiger partial charge in [-0.25, -0.2) is 0 Å². The Labute approximate surface area is 120 Å². The zero-order chi connectivity index (χ0) is 14.5. The largest absolute Gasteiger partial charge is 0.495 e. The highest BCUT2D eigenvalue weighted by molar-refractivity contribution is 6.62. The Morgan fingerprint density at radius 3 is 1.95 bits per heavy atom. The zero-order valence-corrected chi connectivity index (χ0v) is 12.8. The lowest BCUT2D eigenvalue weighted by atomic mass is 9.76. The standard InChI is InChI=1S/C15H21BO4/c1-10-8-12-13(18-7-6-17-12)9-11(10)16-19-14(2,3)15(4,5)20-16/h8-9H,6-7H2,1-5H3. The van der Waals surface area contributed by atoms with Gasteiger partial charge < -0.3 is 18.8 Å². The molecule has 0 aliphatic carbocycles. The molecule has 0 radical (unpaired) electrons. The van der Waals surface area contributed by atoms with E-state index in [0.29, 0.717) is 13.2 Å². The van der Waals surface area contributed by atoms with E-state index in [1.54, 1.807) is 0 Å². The summed E-state index contributed by atoms with van der Waals surface area (Å²) in [5, 5.41) is 0. The van der Waals surface area contributed by atoms with E-state index in [0.717, 1.165) is 22.5 Å². The maximum atomic E-state index is 6.10. The van der Waals surface area contributed by atoms with Crippen LogP contribution in [0.25, 0.3) is 0 Å². The van der Waals surface area contributed by atoms with Gasteiger partial charge in [-0.3, -0.25) is 0 Å². The number of rotatable bonds is 1. The number of aryl methyl sites for hydroxylation is 1. The van der Waals surface area contributed by atoms with Gasteiger partial charge in [0.05, 0.1) is 11.2 Å². The van der Waals surface area contributed by atoms with E-state index in [2.05, 4.69) is 27.7 Å². The molecule has 1 fully saturated rings. The third-order valence-electron chi connectivity index (χ3n) is 4.44. The summed E-state index contributed by atoms with van der Waals surface area (Å²) < 4.78 is 23.5. The summed E-state index contributed by atoms with van der Waals surface area (Å²) in [6, 6.07) is 3.97. The lowest BCUT2D eigenvalue weighted by Crippen LogP contribution is -2.41. The molecule has 2 aliphatic rings. The molecular formula is C15H21BO4. The summed E-state index contributed by atoms with van der Waals surface area (Å²) in [4.78, 5) is 0. The number of hydrogen-bond acceptors (Lipinski definition) is 4. The fraction of sp³-hybridized carbons (Fsp3) is 0.600. The van der Waals surface area contributed by atoms with E-state index >= 15 is 0 Å². The summed E-state index contributed by atoms with van der Waals surface area (Å²) >= 11 is 0. The number of benzene rings is 1.